The summed E-state index contributed by atoms with van der Waals surface area (Å²) in [4.78, 5) is 26.4. The van der Waals surface area contributed by atoms with Crippen molar-refractivity contribution in [2.24, 2.45) is 5.73 Å². The lowest BCUT2D eigenvalue weighted by atomic mass is 9.96. The molecule has 0 radical (unpaired) electrons. The van der Waals surface area contributed by atoms with Gasteiger partial charge in [0.2, 0.25) is 0 Å². The highest BCUT2D eigenvalue weighted by Gasteiger charge is 2.22. The maximum Gasteiger partial charge on any atom is 0.253 e. The molecule has 2 N–H and O–H groups in total. The van der Waals surface area contributed by atoms with E-state index in [-0.39, 0.29) is 17.7 Å². The molecule has 0 bridgehead atoms. The van der Waals surface area contributed by atoms with E-state index in [1.165, 1.54) is 0 Å². The lowest BCUT2D eigenvalue weighted by molar-refractivity contribution is 0.0708. The van der Waals surface area contributed by atoms with Crippen LogP contribution in [0.2, 0.25) is 0 Å². The summed E-state index contributed by atoms with van der Waals surface area (Å²) in [6, 6.07) is 15.0. The van der Waals surface area contributed by atoms with Crippen molar-refractivity contribution in [3.63, 3.8) is 0 Å². The first-order valence-electron chi connectivity index (χ1n) is 8.31. The van der Waals surface area contributed by atoms with Crippen LogP contribution < -0.4 is 5.73 Å². The third-order valence-electron chi connectivity index (χ3n) is 4.47. The number of benzene rings is 2. The second-order valence-electron chi connectivity index (χ2n) is 6.34. The molecule has 1 heterocycles. The Balaban J connectivity index is 1.92. The number of hydrogen-bond donors (Lipinski definition) is 1. The number of hydrogen-bond acceptors (Lipinski definition) is 3. The van der Waals surface area contributed by atoms with Crippen LogP contribution in [0, 0.1) is 0 Å². The molecule has 0 spiro atoms. The van der Waals surface area contributed by atoms with Gasteiger partial charge in [-0.1, -0.05) is 36.4 Å². The summed E-state index contributed by atoms with van der Waals surface area (Å²) in [6.45, 7) is 2.91. The maximum absolute atomic E-state index is 12.8. The number of likely N-dealkylation sites (tertiary alicyclic amines) is 1. The van der Waals surface area contributed by atoms with E-state index < -0.39 is 0 Å². The van der Waals surface area contributed by atoms with E-state index >= 15 is 0 Å². The minimum absolute atomic E-state index is 0.00676. The molecule has 1 atom stereocenters. The van der Waals surface area contributed by atoms with E-state index in [2.05, 4.69) is 0 Å². The number of ketones is 1. The highest BCUT2D eigenvalue weighted by Crippen LogP contribution is 2.25. The summed E-state index contributed by atoms with van der Waals surface area (Å²) in [5.41, 5.74) is 9.03. The molecule has 1 aliphatic heterocycles. The molecule has 2 aromatic carbocycles. The predicted molar refractivity (Wildman–Crippen MR) is 95.0 cm³/mol. The van der Waals surface area contributed by atoms with Crippen LogP contribution in [0.15, 0.2) is 48.5 Å². The van der Waals surface area contributed by atoms with Crippen molar-refractivity contribution in [3.05, 3.63) is 59.7 Å². The number of nitrogens with zero attached hydrogens (tertiary/aromatic N) is 1. The first kappa shape index (κ1) is 16.4. The molecule has 1 aliphatic rings. The van der Waals surface area contributed by atoms with Crippen molar-refractivity contribution >= 4 is 11.7 Å². The molecular weight excluding hydrogens is 300 g/mol. The molecule has 0 saturated carbocycles. The van der Waals surface area contributed by atoms with Crippen LogP contribution in [0.5, 0.6) is 0 Å². The Labute approximate surface area is 142 Å². The van der Waals surface area contributed by atoms with Crippen molar-refractivity contribution in [1.82, 2.24) is 4.90 Å². The zero-order chi connectivity index (χ0) is 17.1. The number of amides is 1. The Hall–Kier alpha value is -2.46. The topological polar surface area (TPSA) is 63.4 Å². The molecular formula is C20H22N2O2. The third-order valence-corrected chi connectivity index (χ3v) is 4.47. The van der Waals surface area contributed by atoms with Gasteiger partial charge in [-0.25, -0.2) is 0 Å². The van der Waals surface area contributed by atoms with Gasteiger partial charge in [0.15, 0.2) is 5.78 Å². The van der Waals surface area contributed by atoms with Crippen LogP contribution in [0.25, 0.3) is 11.1 Å². The first-order valence-corrected chi connectivity index (χ1v) is 8.31. The minimum atomic E-state index is 0.00676. The Bertz CT molecular complexity index is 770. The fourth-order valence-corrected chi connectivity index (χ4v) is 3.24. The van der Waals surface area contributed by atoms with E-state index in [9.17, 15) is 9.59 Å². The highest BCUT2D eigenvalue weighted by atomic mass is 16.2. The van der Waals surface area contributed by atoms with Crippen molar-refractivity contribution < 1.29 is 9.59 Å². The quantitative estimate of drug-likeness (QED) is 0.883. The largest absolute Gasteiger partial charge is 0.337 e. The Morgan fingerprint density at radius 1 is 1.12 bits per heavy atom. The molecule has 0 aliphatic carbocycles. The summed E-state index contributed by atoms with van der Waals surface area (Å²) in [7, 11) is 0. The van der Waals surface area contributed by atoms with Gasteiger partial charge in [0.05, 0.1) is 0 Å². The summed E-state index contributed by atoms with van der Waals surface area (Å²) >= 11 is 0. The molecule has 1 fully saturated rings. The number of carbonyl (C=O) groups excluding carboxylic acids is 2. The van der Waals surface area contributed by atoms with Crippen LogP contribution in [-0.4, -0.2) is 35.7 Å². The Kier molecular flexibility index (Phi) is 4.76. The molecule has 2 aromatic rings. The summed E-state index contributed by atoms with van der Waals surface area (Å²) in [6.07, 6.45) is 1.91. The van der Waals surface area contributed by atoms with Gasteiger partial charge in [0.25, 0.3) is 5.91 Å². The zero-order valence-corrected chi connectivity index (χ0v) is 13.9. The summed E-state index contributed by atoms with van der Waals surface area (Å²) in [5, 5.41) is 0. The maximum atomic E-state index is 12.8. The van der Waals surface area contributed by atoms with Gasteiger partial charge < -0.3 is 10.6 Å². The van der Waals surface area contributed by atoms with Gasteiger partial charge in [-0.2, -0.15) is 0 Å². The summed E-state index contributed by atoms with van der Waals surface area (Å²) in [5.74, 6) is 0.0247. The van der Waals surface area contributed by atoms with E-state index in [0.29, 0.717) is 17.7 Å². The average Bonchev–Trinajstić information content (AvgIpc) is 2.61. The standard InChI is InChI=1S/C20H22N2O2/c1-14(23)18-9-2-3-10-19(18)15-6-4-7-16(12-15)20(24)22-11-5-8-17(21)13-22/h2-4,6-7,9-10,12,17H,5,8,11,13,21H2,1H3/t17-/m0/s1. The average molecular weight is 322 g/mol. The molecule has 1 saturated heterocycles. The van der Waals surface area contributed by atoms with E-state index in [0.717, 1.165) is 30.5 Å². The third kappa shape index (κ3) is 3.39. The molecule has 3 rings (SSSR count). The van der Waals surface area contributed by atoms with Crippen molar-refractivity contribution in [2.45, 2.75) is 25.8 Å². The molecule has 24 heavy (non-hydrogen) atoms. The van der Waals surface area contributed by atoms with E-state index in [1.54, 1.807) is 6.92 Å². The number of piperidine rings is 1. The van der Waals surface area contributed by atoms with Crippen LogP contribution in [0.1, 0.15) is 40.5 Å². The van der Waals surface area contributed by atoms with Gasteiger partial charge >= 0.3 is 0 Å². The van der Waals surface area contributed by atoms with E-state index in [1.807, 2.05) is 53.4 Å². The van der Waals surface area contributed by atoms with Gasteiger partial charge in [-0.3, -0.25) is 9.59 Å². The van der Waals surface area contributed by atoms with E-state index in [4.69, 9.17) is 5.73 Å². The zero-order valence-electron chi connectivity index (χ0n) is 13.9. The number of nitrogens with two attached hydrogens (primary N) is 1. The minimum Gasteiger partial charge on any atom is -0.337 e. The van der Waals surface area contributed by atoms with Crippen LogP contribution in [0.4, 0.5) is 0 Å². The smallest absolute Gasteiger partial charge is 0.253 e. The number of carbonyl (C=O) groups is 2. The van der Waals surface area contributed by atoms with Gasteiger partial charge in [0, 0.05) is 30.3 Å². The number of Topliss-reactive ketones (excluding diaryl/α,β-unsaturated/α-hetero) is 1. The lowest BCUT2D eigenvalue weighted by Crippen LogP contribution is -2.45. The number of rotatable bonds is 3. The molecule has 124 valence electrons. The SMILES string of the molecule is CC(=O)c1ccccc1-c1cccc(C(=O)N2CCC[C@H](N)C2)c1. The lowest BCUT2D eigenvalue weighted by Gasteiger charge is -2.31. The Morgan fingerprint density at radius 3 is 2.67 bits per heavy atom. The molecule has 1 amide bonds. The second-order valence-corrected chi connectivity index (χ2v) is 6.34. The van der Waals surface area contributed by atoms with Crippen LogP contribution in [0.3, 0.4) is 0 Å². The van der Waals surface area contributed by atoms with Crippen molar-refractivity contribution in [2.75, 3.05) is 13.1 Å². The summed E-state index contributed by atoms with van der Waals surface area (Å²) < 4.78 is 0. The molecule has 0 aromatic heterocycles. The first-order chi connectivity index (χ1) is 11.6. The van der Waals surface area contributed by atoms with Crippen molar-refractivity contribution in [3.8, 4) is 11.1 Å². The normalized spacial score (nSPS) is 17.6. The Morgan fingerprint density at radius 2 is 1.92 bits per heavy atom. The van der Waals surface area contributed by atoms with Gasteiger partial charge in [-0.15, -0.1) is 0 Å². The van der Waals surface area contributed by atoms with Crippen LogP contribution in [-0.2, 0) is 0 Å². The molecule has 4 nitrogen and oxygen atoms in total. The van der Waals surface area contributed by atoms with Gasteiger partial charge in [-0.05, 0) is 43.0 Å². The fourth-order valence-electron chi connectivity index (χ4n) is 3.24. The van der Waals surface area contributed by atoms with Gasteiger partial charge in [0.1, 0.15) is 0 Å². The predicted octanol–water partition coefficient (Wildman–Crippen LogP) is 3.12. The molecule has 4 heteroatoms. The fraction of sp³-hybridized carbons (Fsp3) is 0.300. The van der Waals surface area contributed by atoms with Crippen LogP contribution >= 0.6 is 0 Å². The monoisotopic (exact) mass is 322 g/mol. The second kappa shape index (κ2) is 6.97. The molecule has 0 unspecified atom stereocenters. The highest BCUT2D eigenvalue weighted by molar-refractivity contribution is 6.02. The van der Waals surface area contributed by atoms with Crippen molar-refractivity contribution in [1.29, 1.82) is 0 Å².